The van der Waals surface area contributed by atoms with Crippen LogP contribution in [0.15, 0.2) is 4.99 Å². The van der Waals surface area contributed by atoms with E-state index in [0.717, 1.165) is 57.9 Å². The number of aliphatic imine (C=N–C) groups is 1. The van der Waals surface area contributed by atoms with E-state index in [1.807, 2.05) is 6.92 Å². The van der Waals surface area contributed by atoms with Gasteiger partial charge in [-0.25, -0.2) is 8.42 Å². The zero-order valence-corrected chi connectivity index (χ0v) is 14.8. The third kappa shape index (κ3) is 8.58. The maximum absolute atomic E-state index is 11.4. The van der Waals surface area contributed by atoms with E-state index in [9.17, 15) is 8.42 Å². The molecule has 0 saturated carbocycles. The van der Waals surface area contributed by atoms with Crippen LogP contribution in [0.5, 0.6) is 0 Å². The van der Waals surface area contributed by atoms with Crippen LogP contribution in [0, 0.1) is 5.92 Å². The Morgan fingerprint density at radius 3 is 2.64 bits per heavy atom. The summed E-state index contributed by atoms with van der Waals surface area (Å²) in [7, 11) is -2.81. The molecule has 130 valence electrons. The zero-order valence-electron chi connectivity index (χ0n) is 13.9. The molecule has 1 aliphatic heterocycles. The summed E-state index contributed by atoms with van der Waals surface area (Å²) in [4.78, 5) is 4.50. The molecule has 0 radical (unpaired) electrons. The van der Waals surface area contributed by atoms with E-state index >= 15 is 0 Å². The molecule has 22 heavy (non-hydrogen) atoms. The van der Waals surface area contributed by atoms with Crippen molar-refractivity contribution in [2.75, 3.05) is 44.4 Å². The maximum atomic E-state index is 11.4. The standard InChI is InChI=1S/C15H31N3O3S/c1-3-5-9-21-10-6-8-17-15(16-4-2)18-12-14-7-11-22(19,20)13-14/h14H,3-13H2,1-2H3,(H2,16,17,18). The summed E-state index contributed by atoms with van der Waals surface area (Å²) < 4.78 is 28.4. The second-order valence-electron chi connectivity index (χ2n) is 5.73. The number of nitrogens with one attached hydrogen (secondary N) is 2. The van der Waals surface area contributed by atoms with Crippen LogP contribution >= 0.6 is 0 Å². The first kappa shape index (κ1) is 19.2. The summed E-state index contributed by atoms with van der Waals surface area (Å²) in [6, 6.07) is 0. The molecule has 0 aromatic carbocycles. The van der Waals surface area contributed by atoms with Gasteiger partial charge in [-0.1, -0.05) is 13.3 Å². The fraction of sp³-hybridized carbons (Fsp3) is 0.933. The van der Waals surface area contributed by atoms with Gasteiger partial charge in [-0.3, -0.25) is 4.99 Å². The smallest absolute Gasteiger partial charge is 0.191 e. The maximum Gasteiger partial charge on any atom is 0.191 e. The summed E-state index contributed by atoms with van der Waals surface area (Å²) >= 11 is 0. The molecular formula is C15H31N3O3S. The van der Waals surface area contributed by atoms with Gasteiger partial charge in [0.05, 0.1) is 11.5 Å². The van der Waals surface area contributed by atoms with E-state index < -0.39 is 9.84 Å². The van der Waals surface area contributed by atoms with E-state index in [-0.39, 0.29) is 11.7 Å². The molecule has 0 aromatic rings. The lowest BCUT2D eigenvalue weighted by atomic mass is 10.1. The summed E-state index contributed by atoms with van der Waals surface area (Å²) in [5.74, 6) is 1.52. The lowest BCUT2D eigenvalue weighted by Crippen LogP contribution is -2.38. The molecule has 1 saturated heterocycles. The van der Waals surface area contributed by atoms with Crippen LogP contribution in [-0.2, 0) is 14.6 Å². The highest BCUT2D eigenvalue weighted by Gasteiger charge is 2.27. The van der Waals surface area contributed by atoms with Crippen molar-refractivity contribution >= 4 is 15.8 Å². The predicted octanol–water partition coefficient (Wildman–Crippen LogP) is 1.18. The molecule has 1 fully saturated rings. The fourth-order valence-corrected chi connectivity index (χ4v) is 4.16. The summed E-state index contributed by atoms with van der Waals surface area (Å²) in [6.07, 6.45) is 3.94. The Bertz CT molecular complexity index is 424. The number of guanidine groups is 1. The Hall–Kier alpha value is -0.820. The van der Waals surface area contributed by atoms with Crippen molar-refractivity contribution in [2.24, 2.45) is 10.9 Å². The molecule has 0 amide bonds. The number of hydrogen-bond acceptors (Lipinski definition) is 4. The minimum Gasteiger partial charge on any atom is -0.381 e. The van der Waals surface area contributed by atoms with Gasteiger partial charge in [0.1, 0.15) is 0 Å². The fourth-order valence-electron chi connectivity index (χ4n) is 2.31. The minimum absolute atomic E-state index is 0.165. The molecule has 1 aliphatic rings. The first-order valence-corrected chi connectivity index (χ1v) is 10.2. The first-order valence-electron chi connectivity index (χ1n) is 8.37. The van der Waals surface area contributed by atoms with Crippen LogP contribution in [0.1, 0.15) is 39.5 Å². The highest BCUT2D eigenvalue weighted by molar-refractivity contribution is 7.91. The molecule has 6 nitrogen and oxygen atoms in total. The zero-order chi connectivity index (χ0) is 16.3. The van der Waals surface area contributed by atoms with Gasteiger partial charge in [0, 0.05) is 32.8 Å². The van der Waals surface area contributed by atoms with Gasteiger partial charge in [0.15, 0.2) is 15.8 Å². The number of rotatable bonds is 10. The second kappa shape index (κ2) is 10.8. The van der Waals surface area contributed by atoms with Crippen molar-refractivity contribution in [3.05, 3.63) is 0 Å². The van der Waals surface area contributed by atoms with Crippen LogP contribution in [0.3, 0.4) is 0 Å². The van der Waals surface area contributed by atoms with Crippen LogP contribution in [0.2, 0.25) is 0 Å². The number of ether oxygens (including phenoxy) is 1. The molecule has 7 heteroatoms. The third-order valence-electron chi connectivity index (χ3n) is 3.58. The van der Waals surface area contributed by atoms with E-state index in [4.69, 9.17) is 4.74 Å². The summed E-state index contributed by atoms with van der Waals surface area (Å²) in [5.41, 5.74) is 0. The summed E-state index contributed by atoms with van der Waals surface area (Å²) in [6.45, 7) is 7.93. The van der Waals surface area contributed by atoms with Crippen molar-refractivity contribution in [2.45, 2.75) is 39.5 Å². The van der Waals surface area contributed by atoms with Gasteiger partial charge in [-0.15, -0.1) is 0 Å². The van der Waals surface area contributed by atoms with Crippen molar-refractivity contribution in [3.8, 4) is 0 Å². The molecule has 0 bridgehead atoms. The van der Waals surface area contributed by atoms with Crippen molar-refractivity contribution < 1.29 is 13.2 Å². The Morgan fingerprint density at radius 2 is 2.00 bits per heavy atom. The quantitative estimate of drug-likeness (QED) is 0.356. The number of sulfone groups is 1. The van der Waals surface area contributed by atoms with Crippen molar-refractivity contribution in [1.82, 2.24) is 10.6 Å². The topological polar surface area (TPSA) is 79.8 Å². The van der Waals surface area contributed by atoms with Gasteiger partial charge >= 0.3 is 0 Å². The van der Waals surface area contributed by atoms with E-state index in [2.05, 4.69) is 22.5 Å². The Labute approximate surface area is 135 Å². The van der Waals surface area contributed by atoms with E-state index in [1.54, 1.807) is 0 Å². The molecule has 1 rings (SSSR count). The van der Waals surface area contributed by atoms with Crippen LogP contribution < -0.4 is 10.6 Å². The Morgan fingerprint density at radius 1 is 1.23 bits per heavy atom. The number of hydrogen-bond donors (Lipinski definition) is 2. The third-order valence-corrected chi connectivity index (χ3v) is 5.42. The molecule has 1 atom stereocenters. The van der Waals surface area contributed by atoms with Gasteiger partial charge in [0.25, 0.3) is 0 Å². The highest BCUT2D eigenvalue weighted by atomic mass is 32.2. The van der Waals surface area contributed by atoms with Crippen LogP contribution in [0.4, 0.5) is 0 Å². The van der Waals surface area contributed by atoms with E-state index in [1.165, 1.54) is 0 Å². The van der Waals surface area contributed by atoms with Crippen molar-refractivity contribution in [3.63, 3.8) is 0 Å². The number of unbranched alkanes of at least 4 members (excludes halogenated alkanes) is 1. The second-order valence-corrected chi connectivity index (χ2v) is 7.96. The van der Waals surface area contributed by atoms with Crippen molar-refractivity contribution in [1.29, 1.82) is 0 Å². The van der Waals surface area contributed by atoms with Crippen LogP contribution in [-0.4, -0.2) is 58.7 Å². The molecule has 2 N–H and O–H groups in total. The lowest BCUT2D eigenvalue weighted by Gasteiger charge is -2.12. The van der Waals surface area contributed by atoms with Gasteiger partial charge in [0.2, 0.25) is 0 Å². The average molecular weight is 333 g/mol. The number of nitrogens with zero attached hydrogens (tertiary/aromatic N) is 1. The lowest BCUT2D eigenvalue weighted by molar-refractivity contribution is 0.129. The Kier molecular flexibility index (Phi) is 9.47. The monoisotopic (exact) mass is 333 g/mol. The molecular weight excluding hydrogens is 302 g/mol. The predicted molar refractivity (Wildman–Crippen MR) is 91.1 cm³/mol. The minimum atomic E-state index is -2.81. The van der Waals surface area contributed by atoms with Crippen LogP contribution in [0.25, 0.3) is 0 Å². The largest absolute Gasteiger partial charge is 0.381 e. The molecule has 0 aliphatic carbocycles. The van der Waals surface area contributed by atoms with Gasteiger partial charge < -0.3 is 15.4 Å². The molecule has 0 spiro atoms. The highest BCUT2D eigenvalue weighted by Crippen LogP contribution is 2.18. The molecule has 1 unspecified atom stereocenters. The average Bonchev–Trinajstić information content (AvgIpc) is 2.83. The first-order chi connectivity index (χ1) is 10.6. The van der Waals surface area contributed by atoms with E-state index in [0.29, 0.717) is 12.3 Å². The summed E-state index contributed by atoms with van der Waals surface area (Å²) in [5, 5.41) is 6.45. The molecule has 1 heterocycles. The SMILES string of the molecule is CCCCOCCCNC(=NCC1CCS(=O)(=O)C1)NCC. The molecule has 0 aromatic heterocycles. The van der Waals surface area contributed by atoms with Gasteiger partial charge in [-0.2, -0.15) is 0 Å². The van der Waals surface area contributed by atoms with Gasteiger partial charge in [-0.05, 0) is 32.1 Å². The normalized spacial score (nSPS) is 21.0. The Balaban J connectivity index is 2.22.